The van der Waals surface area contributed by atoms with Gasteiger partial charge in [0.25, 0.3) is 0 Å². The molecular weight excluding hydrogens is 309 g/mol. The van der Waals surface area contributed by atoms with E-state index in [2.05, 4.69) is 15.9 Å². The van der Waals surface area contributed by atoms with Crippen molar-refractivity contribution in [1.82, 2.24) is 0 Å². The third-order valence-electron chi connectivity index (χ3n) is 2.35. The number of hydrogen-bond donors (Lipinski definition) is 0. The van der Waals surface area contributed by atoms with Crippen LogP contribution >= 0.6 is 15.9 Å². The molecule has 0 atom stereocenters. The Morgan fingerprint density at radius 2 is 1.44 bits per heavy atom. The van der Waals surface area contributed by atoms with Crippen molar-refractivity contribution in [2.24, 2.45) is 0 Å². The van der Waals surface area contributed by atoms with Gasteiger partial charge in [-0.15, -0.1) is 0 Å². The molecule has 0 radical (unpaired) electrons. The standard InChI is InChI=1S/C13H6BrF3O/c14-7-1-3-9(11(16)5-7)13(18)10-4-2-8(15)6-12(10)17/h1-6H. The Hall–Kier alpha value is -1.62. The van der Waals surface area contributed by atoms with E-state index in [0.717, 1.165) is 18.2 Å². The average Bonchev–Trinajstić information content (AvgIpc) is 2.28. The van der Waals surface area contributed by atoms with Crippen LogP contribution < -0.4 is 0 Å². The van der Waals surface area contributed by atoms with Gasteiger partial charge in [-0.25, -0.2) is 13.2 Å². The molecule has 18 heavy (non-hydrogen) atoms. The predicted molar refractivity (Wildman–Crippen MR) is 63.9 cm³/mol. The Bertz CT molecular complexity index is 572. The van der Waals surface area contributed by atoms with E-state index in [0.29, 0.717) is 10.5 Å². The molecule has 0 unspecified atom stereocenters. The van der Waals surface area contributed by atoms with Crippen LogP contribution in [0.15, 0.2) is 40.9 Å². The maximum absolute atomic E-state index is 13.6. The Kier molecular flexibility index (Phi) is 3.52. The van der Waals surface area contributed by atoms with Crippen molar-refractivity contribution in [3.63, 3.8) is 0 Å². The van der Waals surface area contributed by atoms with Gasteiger partial charge in [0.1, 0.15) is 17.5 Å². The molecule has 2 rings (SSSR count). The van der Waals surface area contributed by atoms with E-state index in [1.165, 1.54) is 12.1 Å². The van der Waals surface area contributed by atoms with Gasteiger partial charge in [0.2, 0.25) is 0 Å². The first-order valence-electron chi connectivity index (χ1n) is 4.94. The third-order valence-corrected chi connectivity index (χ3v) is 2.84. The molecular formula is C13H6BrF3O. The lowest BCUT2D eigenvalue weighted by Crippen LogP contribution is -2.07. The molecule has 0 spiro atoms. The fraction of sp³-hybridized carbons (Fsp3) is 0. The molecule has 0 heterocycles. The molecule has 0 saturated carbocycles. The molecule has 0 fully saturated rings. The minimum Gasteiger partial charge on any atom is -0.288 e. The molecule has 0 saturated heterocycles. The van der Waals surface area contributed by atoms with Gasteiger partial charge in [-0.05, 0) is 30.3 Å². The number of ketones is 1. The molecule has 0 aliphatic carbocycles. The quantitative estimate of drug-likeness (QED) is 0.763. The summed E-state index contributed by atoms with van der Waals surface area (Å²) in [5, 5.41) is 0. The summed E-state index contributed by atoms with van der Waals surface area (Å²) in [5.41, 5.74) is -0.624. The molecule has 2 aromatic rings. The second-order valence-electron chi connectivity index (χ2n) is 3.58. The molecule has 0 aromatic heterocycles. The zero-order chi connectivity index (χ0) is 13.3. The lowest BCUT2D eigenvalue weighted by Gasteiger charge is -2.04. The van der Waals surface area contributed by atoms with E-state index in [9.17, 15) is 18.0 Å². The zero-order valence-electron chi connectivity index (χ0n) is 8.88. The van der Waals surface area contributed by atoms with Crippen LogP contribution in [0.4, 0.5) is 13.2 Å². The molecule has 0 aliphatic rings. The fourth-order valence-corrected chi connectivity index (χ4v) is 1.83. The summed E-state index contributed by atoms with van der Waals surface area (Å²) in [4.78, 5) is 11.9. The van der Waals surface area contributed by atoms with E-state index in [1.54, 1.807) is 0 Å². The highest BCUT2D eigenvalue weighted by Crippen LogP contribution is 2.20. The van der Waals surface area contributed by atoms with Gasteiger partial charge in [-0.2, -0.15) is 0 Å². The van der Waals surface area contributed by atoms with Crippen LogP contribution in [0.1, 0.15) is 15.9 Å². The van der Waals surface area contributed by atoms with E-state index < -0.39 is 23.2 Å². The molecule has 5 heteroatoms. The Balaban J connectivity index is 2.48. The summed E-state index contributed by atoms with van der Waals surface area (Å²) in [6.07, 6.45) is 0. The maximum Gasteiger partial charge on any atom is 0.198 e. The molecule has 0 N–H and O–H groups in total. The van der Waals surface area contributed by atoms with Gasteiger partial charge in [-0.3, -0.25) is 4.79 Å². The largest absolute Gasteiger partial charge is 0.288 e. The number of rotatable bonds is 2. The minimum atomic E-state index is -1.01. The van der Waals surface area contributed by atoms with Crippen LogP contribution in [0.5, 0.6) is 0 Å². The highest BCUT2D eigenvalue weighted by atomic mass is 79.9. The van der Waals surface area contributed by atoms with E-state index >= 15 is 0 Å². The second-order valence-corrected chi connectivity index (χ2v) is 4.49. The number of carbonyl (C=O) groups is 1. The van der Waals surface area contributed by atoms with Gasteiger partial charge in [0, 0.05) is 10.5 Å². The van der Waals surface area contributed by atoms with Gasteiger partial charge < -0.3 is 0 Å². The second kappa shape index (κ2) is 4.94. The summed E-state index contributed by atoms with van der Waals surface area (Å²) in [6.45, 7) is 0. The van der Waals surface area contributed by atoms with Crippen LogP contribution in [0.25, 0.3) is 0 Å². The van der Waals surface area contributed by atoms with E-state index in [1.807, 2.05) is 0 Å². The van der Waals surface area contributed by atoms with Crippen molar-refractivity contribution in [3.8, 4) is 0 Å². The van der Waals surface area contributed by atoms with Crippen LogP contribution in [0, 0.1) is 17.5 Å². The maximum atomic E-state index is 13.6. The number of benzene rings is 2. The average molecular weight is 315 g/mol. The number of halogens is 4. The molecule has 1 nitrogen and oxygen atoms in total. The summed E-state index contributed by atoms with van der Waals surface area (Å²) in [6, 6.07) is 6.35. The number of carbonyl (C=O) groups excluding carboxylic acids is 1. The van der Waals surface area contributed by atoms with Crippen LogP contribution in [-0.2, 0) is 0 Å². The van der Waals surface area contributed by atoms with Crippen molar-refractivity contribution in [3.05, 3.63) is 69.4 Å². The van der Waals surface area contributed by atoms with Crippen molar-refractivity contribution >= 4 is 21.7 Å². The highest BCUT2D eigenvalue weighted by molar-refractivity contribution is 9.10. The minimum absolute atomic E-state index is 0.260. The van der Waals surface area contributed by atoms with Gasteiger partial charge in [-0.1, -0.05) is 15.9 Å². The lowest BCUT2D eigenvalue weighted by molar-refractivity contribution is 0.103. The van der Waals surface area contributed by atoms with Crippen molar-refractivity contribution in [2.75, 3.05) is 0 Å². The van der Waals surface area contributed by atoms with Gasteiger partial charge in [0.15, 0.2) is 5.78 Å². The topological polar surface area (TPSA) is 17.1 Å². The molecule has 2 aromatic carbocycles. The van der Waals surface area contributed by atoms with Crippen LogP contribution in [-0.4, -0.2) is 5.78 Å². The monoisotopic (exact) mass is 314 g/mol. The SMILES string of the molecule is O=C(c1ccc(F)cc1F)c1ccc(Br)cc1F. The summed E-state index contributed by atoms with van der Waals surface area (Å²) in [7, 11) is 0. The Morgan fingerprint density at radius 3 is 2.00 bits per heavy atom. The van der Waals surface area contributed by atoms with Gasteiger partial charge >= 0.3 is 0 Å². The Labute approximate surface area is 109 Å². The predicted octanol–water partition coefficient (Wildman–Crippen LogP) is 4.10. The van der Waals surface area contributed by atoms with Crippen molar-refractivity contribution < 1.29 is 18.0 Å². The first-order chi connectivity index (χ1) is 8.49. The fourth-order valence-electron chi connectivity index (χ4n) is 1.49. The first-order valence-corrected chi connectivity index (χ1v) is 5.73. The summed E-state index contributed by atoms with van der Waals surface area (Å²) >= 11 is 3.05. The number of hydrogen-bond acceptors (Lipinski definition) is 1. The molecule has 92 valence electrons. The van der Waals surface area contributed by atoms with Crippen molar-refractivity contribution in [2.45, 2.75) is 0 Å². The third kappa shape index (κ3) is 2.46. The molecule has 0 bridgehead atoms. The summed E-state index contributed by atoms with van der Waals surface area (Å²) in [5.74, 6) is -3.39. The first kappa shape index (κ1) is 12.8. The molecule has 0 aliphatic heterocycles. The zero-order valence-corrected chi connectivity index (χ0v) is 10.5. The Morgan fingerprint density at radius 1 is 0.889 bits per heavy atom. The van der Waals surface area contributed by atoms with E-state index in [4.69, 9.17) is 0 Å². The lowest BCUT2D eigenvalue weighted by atomic mass is 10.0. The smallest absolute Gasteiger partial charge is 0.198 e. The van der Waals surface area contributed by atoms with E-state index in [-0.39, 0.29) is 11.1 Å². The van der Waals surface area contributed by atoms with Crippen molar-refractivity contribution in [1.29, 1.82) is 0 Å². The van der Waals surface area contributed by atoms with Crippen LogP contribution in [0.2, 0.25) is 0 Å². The highest BCUT2D eigenvalue weighted by Gasteiger charge is 2.18. The van der Waals surface area contributed by atoms with Gasteiger partial charge in [0.05, 0.1) is 11.1 Å². The van der Waals surface area contributed by atoms with Crippen LogP contribution in [0.3, 0.4) is 0 Å². The molecule has 0 amide bonds. The normalized spacial score (nSPS) is 10.4. The summed E-state index contributed by atoms with van der Waals surface area (Å²) < 4.78 is 40.1.